The van der Waals surface area contributed by atoms with Crippen molar-refractivity contribution in [3.8, 4) is 0 Å². The van der Waals surface area contributed by atoms with Gasteiger partial charge >= 0.3 is 11.8 Å². The van der Waals surface area contributed by atoms with E-state index in [1.54, 1.807) is 31.2 Å². The summed E-state index contributed by atoms with van der Waals surface area (Å²) in [6.45, 7) is 3.71. The number of halogens is 2. The van der Waals surface area contributed by atoms with Crippen LogP contribution >= 0.6 is 23.2 Å². The highest BCUT2D eigenvalue weighted by molar-refractivity contribution is 6.40. The fourth-order valence-electron chi connectivity index (χ4n) is 2.49. The third-order valence-electron chi connectivity index (χ3n) is 4.05. The van der Waals surface area contributed by atoms with E-state index >= 15 is 0 Å². The van der Waals surface area contributed by atoms with Crippen molar-refractivity contribution in [2.24, 2.45) is 5.10 Å². The summed E-state index contributed by atoms with van der Waals surface area (Å²) in [5.41, 5.74) is 5.64. The van der Waals surface area contributed by atoms with Gasteiger partial charge in [0.15, 0.2) is 0 Å². The minimum atomic E-state index is -0.920. The van der Waals surface area contributed by atoms with Crippen LogP contribution in [0.1, 0.15) is 16.7 Å². The van der Waals surface area contributed by atoms with Gasteiger partial charge in [-0.15, -0.1) is 0 Å². The van der Waals surface area contributed by atoms with Crippen LogP contribution in [0, 0.1) is 13.8 Å². The number of benzene rings is 2. The molecular weight excluding hydrogens is 399 g/mol. The third-order valence-corrected chi connectivity index (χ3v) is 4.76. The standard InChI is InChI=1S/C20H16Cl2N4O2/c1-11-6-7-13-9-14(18(22)24-17(13)8-11)10-23-26-20(28)19(27)25-16-5-3-4-15(21)12(16)2/h3-10H,1-2H3,(H,25,27)(H,26,28)/b23-10+. The van der Waals surface area contributed by atoms with Gasteiger partial charge in [-0.25, -0.2) is 10.4 Å². The number of rotatable bonds is 3. The molecule has 0 spiro atoms. The molecule has 0 radical (unpaired) electrons. The summed E-state index contributed by atoms with van der Waals surface area (Å²) in [5.74, 6) is -1.78. The van der Waals surface area contributed by atoms with Gasteiger partial charge in [0.25, 0.3) is 0 Å². The second kappa shape index (κ2) is 8.37. The van der Waals surface area contributed by atoms with Crippen LogP contribution in [-0.4, -0.2) is 23.0 Å². The normalized spacial score (nSPS) is 11.0. The van der Waals surface area contributed by atoms with E-state index < -0.39 is 11.8 Å². The number of fused-ring (bicyclic) bond motifs is 1. The van der Waals surface area contributed by atoms with Crippen molar-refractivity contribution in [2.45, 2.75) is 13.8 Å². The number of amides is 2. The number of pyridine rings is 1. The molecule has 6 nitrogen and oxygen atoms in total. The van der Waals surface area contributed by atoms with Crippen molar-refractivity contribution in [1.82, 2.24) is 10.4 Å². The summed E-state index contributed by atoms with van der Waals surface area (Å²) >= 11 is 12.2. The third kappa shape index (κ3) is 4.47. The number of nitrogens with zero attached hydrogens (tertiary/aromatic N) is 2. The number of hydrogen-bond acceptors (Lipinski definition) is 4. The van der Waals surface area contributed by atoms with Gasteiger partial charge in [0, 0.05) is 21.7 Å². The van der Waals surface area contributed by atoms with Crippen LogP contribution in [-0.2, 0) is 9.59 Å². The Morgan fingerprint density at radius 1 is 1.07 bits per heavy atom. The van der Waals surface area contributed by atoms with E-state index in [0.29, 0.717) is 21.8 Å². The average molecular weight is 415 g/mol. The predicted octanol–water partition coefficient (Wildman–Crippen LogP) is 4.25. The quantitative estimate of drug-likeness (QED) is 0.290. The molecule has 0 aliphatic rings. The maximum Gasteiger partial charge on any atom is 0.329 e. The van der Waals surface area contributed by atoms with Gasteiger partial charge in [-0.2, -0.15) is 5.10 Å². The van der Waals surface area contributed by atoms with Crippen LogP contribution in [0.2, 0.25) is 10.2 Å². The Balaban J connectivity index is 1.68. The molecule has 2 amide bonds. The van der Waals surface area contributed by atoms with Crippen molar-refractivity contribution in [1.29, 1.82) is 0 Å². The lowest BCUT2D eigenvalue weighted by molar-refractivity contribution is -0.136. The van der Waals surface area contributed by atoms with E-state index in [2.05, 4.69) is 20.8 Å². The minimum absolute atomic E-state index is 0.245. The second-order valence-corrected chi connectivity index (χ2v) is 6.90. The lowest BCUT2D eigenvalue weighted by Crippen LogP contribution is -2.32. The zero-order valence-corrected chi connectivity index (χ0v) is 16.6. The number of hydrazone groups is 1. The first-order valence-electron chi connectivity index (χ1n) is 8.31. The van der Waals surface area contributed by atoms with E-state index in [-0.39, 0.29) is 5.15 Å². The summed E-state index contributed by atoms with van der Waals surface area (Å²) in [5, 5.41) is 7.91. The van der Waals surface area contributed by atoms with Crippen molar-refractivity contribution in [2.75, 3.05) is 5.32 Å². The van der Waals surface area contributed by atoms with E-state index in [1.165, 1.54) is 6.21 Å². The molecule has 0 fully saturated rings. The summed E-state index contributed by atoms with van der Waals surface area (Å²) in [7, 11) is 0. The second-order valence-electron chi connectivity index (χ2n) is 6.13. The van der Waals surface area contributed by atoms with Gasteiger partial charge in [-0.1, -0.05) is 41.4 Å². The van der Waals surface area contributed by atoms with Crippen molar-refractivity contribution in [3.63, 3.8) is 0 Å². The maximum absolute atomic E-state index is 12.0. The first-order chi connectivity index (χ1) is 13.3. The maximum atomic E-state index is 12.0. The number of aryl methyl sites for hydroxylation is 1. The summed E-state index contributed by atoms with van der Waals surface area (Å²) in [6, 6.07) is 12.6. The van der Waals surface area contributed by atoms with Gasteiger partial charge in [0.1, 0.15) is 5.15 Å². The number of anilines is 1. The van der Waals surface area contributed by atoms with Crippen molar-refractivity contribution in [3.05, 3.63) is 69.3 Å². The Morgan fingerprint density at radius 2 is 1.86 bits per heavy atom. The molecule has 0 aliphatic carbocycles. The number of carbonyl (C=O) groups is 2. The van der Waals surface area contributed by atoms with E-state index in [9.17, 15) is 9.59 Å². The fraction of sp³-hybridized carbons (Fsp3) is 0.100. The Morgan fingerprint density at radius 3 is 2.64 bits per heavy atom. The average Bonchev–Trinajstić information content (AvgIpc) is 2.65. The molecule has 142 valence electrons. The summed E-state index contributed by atoms with van der Waals surface area (Å²) in [6.07, 6.45) is 1.34. The molecule has 3 aromatic rings. The molecule has 0 saturated carbocycles. The molecule has 3 rings (SSSR count). The van der Waals surface area contributed by atoms with Crippen LogP contribution < -0.4 is 10.7 Å². The van der Waals surface area contributed by atoms with Crippen LogP contribution in [0.3, 0.4) is 0 Å². The lowest BCUT2D eigenvalue weighted by atomic mass is 10.1. The van der Waals surface area contributed by atoms with Crippen molar-refractivity contribution < 1.29 is 9.59 Å². The number of aromatic nitrogens is 1. The topological polar surface area (TPSA) is 83.5 Å². The summed E-state index contributed by atoms with van der Waals surface area (Å²) < 4.78 is 0. The number of carbonyl (C=O) groups excluding carboxylic acids is 2. The lowest BCUT2D eigenvalue weighted by Gasteiger charge is -2.08. The smallest absolute Gasteiger partial charge is 0.317 e. The molecular formula is C20H16Cl2N4O2. The SMILES string of the molecule is Cc1ccc2cc(/C=N/NC(=O)C(=O)Nc3cccc(Cl)c3C)c(Cl)nc2c1. The molecule has 0 atom stereocenters. The van der Waals surface area contributed by atoms with E-state index in [1.807, 2.05) is 25.1 Å². The van der Waals surface area contributed by atoms with Crippen LogP contribution in [0.25, 0.3) is 10.9 Å². The number of hydrogen-bond donors (Lipinski definition) is 2. The monoisotopic (exact) mass is 414 g/mol. The minimum Gasteiger partial charge on any atom is -0.317 e. The van der Waals surface area contributed by atoms with Crippen molar-refractivity contribution >= 4 is 57.8 Å². The first-order valence-corrected chi connectivity index (χ1v) is 9.07. The molecule has 1 aromatic heterocycles. The molecule has 2 N–H and O–H groups in total. The highest BCUT2D eigenvalue weighted by atomic mass is 35.5. The van der Waals surface area contributed by atoms with Gasteiger partial charge in [0.05, 0.1) is 11.7 Å². The van der Waals surface area contributed by atoms with Gasteiger partial charge < -0.3 is 5.32 Å². The van der Waals surface area contributed by atoms with Crippen LogP contribution in [0.4, 0.5) is 5.69 Å². The zero-order chi connectivity index (χ0) is 20.3. The highest BCUT2D eigenvalue weighted by Crippen LogP contribution is 2.23. The van der Waals surface area contributed by atoms with Gasteiger partial charge in [-0.3, -0.25) is 9.59 Å². The first kappa shape index (κ1) is 19.8. The largest absolute Gasteiger partial charge is 0.329 e. The van der Waals surface area contributed by atoms with Gasteiger partial charge in [-0.05, 0) is 49.2 Å². The number of nitrogens with one attached hydrogen (secondary N) is 2. The molecule has 2 aromatic carbocycles. The van der Waals surface area contributed by atoms with E-state index in [4.69, 9.17) is 23.2 Å². The highest BCUT2D eigenvalue weighted by Gasteiger charge is 2.14. The molecule has 0 bridgehead atoms. The predicted molar refractivity (Wildman–Crippen MR) is 112 cm³/mol. The zero-order valence-electron chi connectivity index (χ0n) is 15.1. The Kier molecular flexibility index (Phi) is 5.92. The van der Waals surface area contributed by atoms with Crippen LogP contribution in [0.5, 0.6) is 0 Å². The molecule has 0 unspecified atom stereocenters. The Hall–Kier alpha value is -2.96. The Bertz CT molecular complexity index is 1110. The molecule has 28 heavy (non-hydrogen) atoms. The molecule has 0 aliphatic heterocycles. The van der Waals surface area contributed by atoms with Crippen LogP contribution in [0.15, 0.2) is 47.6 Å². The Labute approximate surface area is 171 Å². The van der Waals surface area contributed by atoms with E-state index in [0.717, 1.165) is 16.5 Å². The fourth-order valence-corrected chi connectivity index (χ4v) is 2.86. The molecule has 1 heterocycles. The van der Waals surface area contributed by atoms with Gasteiger partial charge in [0.2, 0.25) is 0 Å². The summed E-state index contributed by atoms with van der Waals surface area (Å²) in [4.78, 5) is 28.3. The molecule has 8 heteroatoms. The molecule has 0 saturated heterocycles.